The van der Waals surface area contributed by atoms with Crippen LogP contribution < -0.4 is 19.7 Å². The second-order valence-electron chi connectivity index (χ2n) is 8.19. The summed E-state index contributed by atoms with van der Waals surface area (Å²) in [5, 5.41) is 23.4. The average molecular weight is 504 g/mol. The van der Waals surface area contributed by atoms with Crippen molar-refractivity contribution in [1.29, 1.82) is 0 Å². The number of hydrogen-bond acceptors (Lipinski definition) is 6. The van der Waals surface area contributed by atoms with Crippen LogP contribution in [0.4, 0.5) is 0 Å². The van der Waals surface area contributed by atoms with E-state index in [1.54, 1.807) is 48.8 Å². The molecule has 33 heavy (non-hydrogen) atoms. The van der Waals surface area contributed by atoms with Crippen LogP contribution in [0, 0.1) is 11.8 Å². The number of benzene rings is 2. The van der Waals surface area contributed by atoms with Crippen LogP contribution in [0.1, 0.15) is 51.7 Å². The Morgan fingerprint density at radius 3 is 1.39 bits per heavy atom. The number of methoxy groups -OCH3 is 2. The zero-order chi connectivity index (χ0) is 23.9. The smallest absolute Gasteiger partial charge is 0.870 e. The number of para-hydroxylation sites is 2. The molecule has 0 saturated carbocycles. The summed E-state index contributed by atoms with van der Waals surface area (Å²) in [5.74, 6) is 1.81. The molecule has 7 heteroatoms. The molecule has 0 aliphatic heterocycles. The Kier molecular flexibility index (Phi) is 15.7. The predicted octanol–water partition coefficient (Wildman–Crippen LogP) is 4.47. The third-order valence-corrected chi connectivity index (χ3v) is 4.59. The zero-order valence-corrected chi connectivity index (χ0v) is 21.4. The molecular formula is C26H36CuN2O4. The molecule has 0 bridgehead atoms. The molecule has 1 radical (unpaired) electrons. The molecule has 2 aromatic carbocycles. The molecule has 0 amide bonds. The maximum Gasteiger partial charge on any atom is 2.00 e. The Balaban J connectivity index is 0.000000602. The fraction of sp³-hybridized carbons (Fsp3) is 0.462. The van der Waals surface area contributed by atoms with Gasteiger partial charge in [-0.3, -0.25) is 9.98 Å². The summed E-state index contributed by atoms with van der Waals surface area (Å²) in [6.45, 7) is 10.1. The van der Waals surface area contributed by atoms with E-state index in [4.69, 9.17) is 9.47 Å². The first-order valence-electron chi connectivity index (χ1n) is 11.0. The summed E-state index contributed by atoms with van der Waals surface area (Å²) in [7, 11) is 2.99. The largest absolute Gasteiger partial charge is 2.00 e. The predicted molar refractivity (Wildman–Crippen MR) is 129 cm³/mol. The van der Waals surface area contributed by atoms with Crippen molar-refractivity contribution in [3.05, 3.63) is 47.5 Å². The minimum Gasteiger partial charge on any atom is -0.870 e. The van der Waals surface area contributed by atoms with Gasteiger partial charge in [-0.05, 0) is 47.9 Å². The quantitative estimate of drug-likeness (QED) is 0.353. The number of hydrogen-bond donors (Lipinski definition) is 0. The number of ether oxygens (including phenoxy) is 2. The van der Waals surface area contributed by atoms with Crippen molar-refractivity contribution in [3.8, 4) is 23.0 Å². The van der Waals surface area contributed by atoms with E-state index < -0.39 is 0 Å². The van der Waals surface area contributed by atoms with Crippen LogP contribution in [0.5, 0.6) is 23.0 Å². The van der Waals surface area contributed by atoms with Crippen LogP contribution in [-0.2, 0) is 17.1 Å². The van der Waals surface area contributed by atoms with Crippen LogP contribution in [0.25, 0.3) is 0 Å². The molecule has 2 aromatic rings. The van der Waals surface area contributed by atoms with E-state index in [1.807, 2.05) is 0 Å². The third-order valence-electron chi connectivity index (χ3n) is 4.59. The van der Waals surface area contributed by atoms with Crippen LogP contribution in [0.3, 0.4) is 0 Å². The first kappa shape index (κ1) is 30.5. The summed E-state index contributed by atoms with van der Waals surface area (Å²) in [6.07, 6.45) is 5.34. The van der Waals surface area contributed by atoms with Gasteiger partial charge in [0.05, 0.1) is 14.2 Å². The molecule has 0 N–H and O–H groups in total. The van der Waals surface area contributed by atoms with E-state index in [0.29, 0.717) is 34.5 Å². The van der Waals surface area contributed by atoms with Gasteiger partial charge in [0.25, 0.3) is 0 Å². The van der Waals surface area contributed by atoms with Crippen molar-refractivity contribution in [2.24, 2.45) is 21.8 Å². The van der Waals surface area contributed by atoms with Gasteiger partial charge in [0.15, 0.2) is 0 Å². The SMILES string of the molecule is COc1cccc(C=NCCC(C)C)c1[O-].COc1cccc(C=NCCC(C)C)c1[O-].[Cu+2]. The van der Waals surface area contributed by atoms with Gasteiger partial charge in [0, 0.05) is 25.5 Å². The molecule has 0 aliphatic rings. The van der Waals surface area contributed by atoms with Crippen molar-refractivity contribution in [1.82, 2.24) is 0 Å². The fourth-order valence-corrected chi connectivity index (χ4v) is 2.58. The van der Waals surface area contributed by atoms with Gasteiger partial charge in [-0.1, -0.05) is 63.5 Å². The molecule has 185 valence electrons. The summed E-state index contributed by atoms with van der Waals surface area (Å²) in [5.41, 5.74) is 1.17. The van der Waals surface area contributed by atoms with E-state index in [2.05, 4.69) is 37.7 Å². The van der Waals surface area contributed by atoms with Gasteiger partial charge < -0.3 is 19.7 Å². The van der Waals surface area contributed by atoms with E-state index in [-0.39, 0.29) is 28.6 Å². The zero-order valence-electron chi connectivity index (χ0n) is 20.4. The summed E-state index contributed by atoms with van der Waals surface area (Å²) in [4.78, 5) is 8.47. The normalized spacial score (nSPS) is 10.9. The molecule has 0 aliphatic carbocycles. The Labute approximate surface area is 209 Å². The maximum absolute atomic E-state index is 11.7. The van der Waals surface area contributed by atoms with E-state index in [0.717, 1.165) is 25.9 Å². The van der Waals surface area contributed by atoms with Crippen LogP contribution in [-0.4, -0.2) is 39.7 Å². The Morgan fingerprint density at radius 1 is 0.727 bits per heavy atom. The summed E-state index contributed by atoms with van der Waals surface area (Å²) < 4.78 is 9.91. The number of rotatable bonds is 10. The van der Waals surface area contributed by atoms with Crippen molar-refractivity contribution < 1.29 is 36.8 Å². The maximum atomic E-state index is 11.7. The Morgan fingerprint density at radius 2 is 1.09 bits per heavy atom. The van der Waals surface area contributed by atoms with Crippen LogP contribution in [0.15, 0.2) is 46.4 Å². The minimum absolute atomic E-state index is 0. The van der Waals surface area contributed by atoms with E-state index in [9.17, 15) is 10.2 Å². The monoisotopic (exact) mass is 503 g/mol. The van der Waals surface area contributed by atoms with Crippen molar-refractivity contribution >= 4 is 12.4 Å². The van der Waals surface area contributed by atoms with Gasteiger partial charge in [-0.2, -0.15) is 0 Å². The summed E-state index contributed by atoms with van der Waals surface area (Å²) in [6, 6.07) is 10.4. The number of nitrogens with zero attached hydrogens (tertiary/aromatic N) is 2. The standard InChI is InChI=1S/2C13H19NO2.Cu/c2*1-10(2)7-8-14-9-11-5-4-6-12(16-3)13(11)15;/h2*4-6,9-10,15H,7-8H2,1-3H3;/q;;+2/p-2. The second-order valence-corrected chi connectivity index (χ2v) is 8.19. The molecule has 0 heterocycles. The Bertz CT molecular complexity index is 796. The molecule has 0 aromatic heterocycles. The average Bonchev–Trinajstić information content (AvgIpc) is 2.76. The van der Waals surface area contributed by atoms with Crippen LogP contribution >= 0.6 is 0 Å². The van der Waals surface area contributed by atoms with E-state index in [1.165, 1.54) is 14.2 Å². The van der Waals surface area contributed by atoms with Crippen LogP contribution in [0.2, 0.25) is 0 Å². The molecule has 0 atom stereocenters. The molecule has 0 spiro atoms. The first-order chi connectivity index (χ1) is 15.3. The van der Waals surface area contributed by atoms with Crippen molar-refractivity contribution in [2.75, 3.05) is 27.3 Å². The summed E-state index contributed by atoms with van der Waals surface area (Å²) >= 11 is 0. The molecule has 6 nitrogen and oxygen atoms in total. The Hall–Kier alpha value is -2.50. The fourth-order valence-electron chi connectivity index (χ4n) is 2.58. The topological polar surface area (TPSA) is 89.3 Å². The molecule has 0 saturated heterocycles. The van der Waals surface area contributed by atoms with Gasteiger partial charge in [-0.15, -0.1) is 0 Å². The van der Waals surface area contributed by atoms with E-state index >= 15 is 0 Å². The van der Waals surface area contributed by atoms with Crippen molar-refractivity contribution in [2.45, 2.75) is 40.5 Å². The van der Waals surface area contributed by atoms with Gasteiger partial charge in [0.2, 0.25) is 0 Å². The van der Waals surface area contributed by atoms with Gasteiger partial charge in [0.1, 0.15) is 11.5 Å². The van der Waals surface area contributed by atoms with Gasteiger partial charge >= 0.3 is 17.1 Å². The third kappa shape index (κ3) is 11.8. The number of aliphatic imine (C=N–C) groups is 2. The molecule has 2 rings (SSSR count). The molecular weight excluding hydrogens is 468 g/mol. The molecule has 0 unspecified atom stereocenters. The first-order valence-corrected chi connectivity index (χ1v) is 11.0. The van der Waals surface area contributed by atoms with Gasteiger partial charge in [-0.25, -0.2) is 0 Å². The molecule has 0 fully saturated rings. The minimum atomic E-state index is -0.0988. The second kappa shape index (κ2) is 17.0. The van der Waals surface area contributed by atoms with Crippen molar-refractivity contribution in [3.63, 3.8) is 0 Å².